The molecule has 0 radical (unpaired) electrons. The molecule has 0 unspecified atom stereocenters. The minimum atomic E-state index is -1.17. The van der Waals surface area contributed by atoms with Crippen LogP contribution in [-0.4, -0.2) is 25.7 Å². The number of benzene rings is 1. The molecule has 0 atom stereocenters. The summed E-state index contributed by atoms with van der Waals surface area (Å²) in [5.41, 5.74) is 1.81. The predicted octanol–water partition coefficient (Wildman–Crippen LogP) is 3.59. The van der Waals surface area contributed by atoms with Crippen LogP contribution in [0.25, 0.3) is 0 Å². The van der Waals surface area contributed by atoms with Gasteiger partial charge in [0.25, 0.3) is 11.7 Å². The molecule has 1 spiro atoms. The molecule has 1 aromatic carbocycles. The molecule has 22 heavy (non-hydrogen) atoms. The minimum Gasteiger partial charge on any atom is -0.336 e. The van der Waals surface area contributed by atoms with E-state index in [1.165, 1.54) is 32.1 Å². The van der Waals surface area contributed by atoms with Crippen molar-refractivity contribution in [3.8, 4) is 0 Å². The summed E-state index contributed by atoms with van der Waals surface area (Å²) in [7, 11) is 0. The summed E-state index contributed by atoms with van der Waals surface area (Å²) in [5, 5.41) is 0. The SMILES string of the molecule is CCCCCCCCN1C(=O)C2(OCCO2)c2ccccc21. The van der Waals surface area contributed by atoms with Gasteiger partial charge in [0, 0.05) is 12.1 Å². The lowest BCUT2D eigenvalue weighted by Gasteiger charge is -2.22. The molecule has 0 aromatic heterocycles. The molecule has 2 aliphatic heterocycles. The van der Waals surface area contributed by atoms with Crippen molar-refractivity contribution >= 4 is 11.6 Å². The van der Waals surface area contributed by atoms with Crippen molar-refractivity contribution in [1.82, 2.24) is 0 Å². The first-order valence-corrected chi connectivity index (χ1v) is 8.49. The highest BCUT2D eigenvalue weighted by Gasteiger charge is 2.55. The van der Waals surface area contributed by atoms with Gasteiger partial charge in [-0.2, -0.15) is 0 Å². The van der Waals surface area contributed by atoms with E-state index in [9.17, 15) is 4.79 Å². The zero-order chi connectivity index (χ0) is 15.4. The molecule has 4 heteroatoms. The zero-order valence-electron chi connectivity index (χ0n) is 13.3. The van der Waals surface area contributed by atoms with Crippen LogP contribution in [0.2, 0.25) is 0 Å². The largest absolute Gasteiger partial charge is 0.336 e. The van der Waals surface area contributed by atoms with E-state index < -0.39 is 5.79 Å². The second-order valence-electron chi connectivity index (χ2n) is 6.06. The van der Waals surface area contributed by atoms with Gasteiger partial charge in [-0.05, 0) is 12.5 Å². The summed E-state index contributed by atoms with van der Waals surface area (Å²) in [4.78, 5) is 14.7. The summed E-state index contributed by atoms with van der Waals surface area (Å²) in [6.07, 6.45) is 7.29. The fourth-order valence-electron chi connectivity index (χ4n) is 3.35. The molecule has 0 bridgehead atoms. The van der Waals surface area contributed by atoms with Gasteiger partial charge in [-0.25, -0.2) is 0 Å². The highest BCUT2D eigenvalue weighted by molar-refractivity contribution is 6.06. The number of para-hydroxylation sites is 1. The number of carbonyl (C=O) groups is 1. The molecule has 2 aliphatic rings. The van der Waals surface area contributed by atoms with Crippen molar-refractivity contribution in [3.05, 3.63) is 29.8 Å². The number of amides is 1. The van der Waals surface area contributed by atoms with Crippen molar-refractivity contribution in [2.24, 2.45) is 0 Å². The number of anilines is 1. The lowest BCUT2D eigenvalue weighted by atomic mass is 10.1. The number of hydrogen-bond donors (Lipinski definition) is 0. The van der Waals surface area contributed by atoms with Crippen molar-refractivity contribution < 1.29 is 14.3 Å². The van der Waals surface area contributed by atoms with Gasteiger partial charge >= 0.3 is 0 Å². The molecular formula is C18H25NO3. The summed E-state index contributed by atoms with van der Waals surface area (Å²) in [6, 6.07) is 7.84. The Morgan fingerprint density at radius 3 is 2.50 bits per heavy atom. The Balaban J connectivity index is 1.66. The van der Waals surface area contributed by atoms with Crippen LogP contribution in [0.1, 0.15) is 51.0 Å². The van der Waals surface area contributed by atoms with Crippen molar-refractivity contribution in [3.63, 3.8) is 0 Å². The number of nitrogens with zero attached hydrogens (tertiary/aromatic N) is 1. The molecule has 120 valence electrons. The first kappa shape index (κ1) is 15.5. The molecule has 2 heterocycles. The molecule has 0 aliphatic carbocycles. The maximum Gasteiger partial charge on any atom is 0.292 e. The maximum absolute atomic E-state index is 12.8. The smallest absolute Gasteiger partial charge is 0.292 e. The van der Waals surface area contributed by atoms with E-state index >= 15 is 0 Å². The molecule has 1 saturated heterocycles. The third kappa shape index (κ3) is 2.66. The van der Waals surface area contributed by atoms with Gasteiger partial charge in [0.05, 0.1) is 18.9 Å². The number of ether oxygens (including phenoxy) is 2. The van der Waals surface area contributed by atoms with E-state index in [4.69, 9.17) is 9.47 Å². The Morgan fingerprint density at radius 1 is 1.05 bits per heavy atom. The number of fused-ring (bicyclic) bond motifs is 2. The van der Waals surface area contributed by atoms with Crippen LogP contribution in [0, 0.1) is 0 Å². The monoisotopic (exact) mass is 303 g/mol. The lowest BCUT2D eigenvalue weighted by molar-refractivity contribution is -0.180. The number of carbonyl (C=O) groups excluding carboxylic acids is 1. The highest BCUT2D eigenvalue weighted by Crippen LogP contribution is 2.45. The summed E-state index contributed by atoms with van der Waals surface area (Å²) >= 11 is 0. The van der Waals surface area contributed by atoms with Gasteiger partial charge in [0.2, 0.25) is 0 Å². The van der Waals surface area contributed by atoms with Crippen LogP contribution in [0.3, 0.4) is 0 Å². The molecule has 0 saturated carbocycles. The van der Waals surface area contributed by atoms with E-state index in [0.717, 1.165) is 24.2 Å². The predicted molar refractivity (Wildman–Crippen MR) is 85.8 cm³/mol. The van der Waals surface area contributed by atoms with Crippen LogP contribution < -0.4 is 4.90 Å². The lowest BCUT2D eigenvalue weighted by Crippen LogP contribution is -2.41. The Kier molecular flexibility index (Phi) is 4.79. The third-order valence-electron chi connectivity index (χ3n) is 4.51. The van der Waals surface area contributed by atoms with Crippen LogP contribution in [0.15, 0.2) is 24.3 Å². The van der Waals surface area contributed by atoms with Crippen LogP contribution in [0.5, 0.6) is 0 Å². The summed E-state index contributed by atoms with van der Waals surface area (Å²) in [6.45, 7) is 3.92. The van der Waals surface area contributed by atoms with Gasteiger partial charge in [-0.15, -0.1) is 0 Å². The Labute approximate surface area is 132 Å². The Morgan fingerprint density at radius 2 is 1.73 bits per heavy atom. The molecule has 0 N–H and O–H groups in total. The number of unbranched alkanes of at least 4 members (excludes halogenated alkanes) is 5. The first-order chi connectivity index (χ1) is 10.8. The average molecular weight is 303 g/mol. The third-order valence-corrected chi connectivity index (χ3v) is 4.51. The Bertz CT molecular complexity index is 523. The van der Waals surface area contributed by atoms with E-state index in [2.05, 4.69) is 6.92 Å². The molecule has 1 amide bonds. The average Bonchev–Trinajstić information content (AvgIpc) is 3.12. The van der Waals surface area contributed by atoms with E-state index in [0.29, 0.717) is 13.2 Å². The second-order valence-corrected chi connectivity index (χ2v) is 6.06. The fourth-order valence-corrected chi connectivity index (χ4v) is 3.35. The second kappa shape index (κ2) is 6.80. The van der Waals surface area contributed by atoms with Crippen molar-refractivity contribution in [1.29, 1.82) is 0 Å². The molecule has 4 nitrogen and oxygen atoms in total. The summed E-state index contributed by atoms with van der Waals surface area (Å²) < 4.78 is 11.4. The maximum atomic E-state index is 12.8. The van der Waals surface area contributed by atoms with Crippen LogP contribution in [0.4, 0.5) is 5.69 Å². The van der Waals surface area contributed by atoms with E-state index in [1.807, 2.05) is 29.2 Å². The van der Waals surface area contributed by atoms with Gasteiger partial charge in [0.15, 0.2) is 0 Å². The molecule has 1 fully saturated rings. The van der Waals surface area contributed by atoms with E-state index in [-0.39, 0.29) is 5.91 Å². The summed E-state index contributed by atoms with van der Waals surface area (Å²) in [5.74, 6) is -1.22. The number of hydrogen-bond acceptors (Lipinski definition) is 3. The van der Waals surface area contributed by atoms with Gasteiger partial charge in [-0.1, -0.05) is 57.2 Å². The van der Waals surface area contributed by atoms with Gasteiger partial charge in [-0.3, -0.25) is 4.79 Å². The van der Waals surface area contributed by atoms with Crippen LogP contribution in [-0.2, 0) is 20.1 Å². The van der Waals surface area contributed by atoms with Crippen molar-refractivity contribution in [2.45, 2.75) is 51.2 Å². The quantitative estimate of drug-likeness (QED) is 0.723. The zero-order valence-corrected chi connectivity index (χ0v) is 13.3. The normalized spacial score (nSPS) is 19.1. The van der Waals surface area contributed by atoms with E-state index in [1.54, 1.807) is 0 Å². The van der Waals surface area contributed by atoms with Gasteiger partial charge < -0.3 is 14.4 Å². The highest BCUT2D eigenvalue weighted by atomic mass is 16.7. The first-order valence-electron chi connectivity index (χ1n) is 8.49. The number of rotatable bonds is 7. The molecule has 1 aromatic rings. The standard InChI is InChI=1S/C18H25NO3/c1-2-3-4-5-6-9-12-19-16-11-8-7-10-15(16)18(17(19)20)21-13-14-22-18/h7-8,10-11H,2-6,9,12-14H2,1H3. The van der Waals surface area contributed by atoms with Crippen molar-refractivity contribution in [2.75, 3.05) is 24.7 Å². The Hall–Kier alpha value is -1.39. The molecular weight excluding hydrogens is 278 g/mol. The van der Waals surface area contributed by atoms with Crippen LogP contribution >= 0.6 is 0 Å². The minimum absolute atomic E-state index is 0.0558. The molecule has 3 rings (SSSR count). The van der Waals surface area contributed by atoms with Gasteiger partial charge in [0.1, 0.15) is 0 Å². The topological polar surface area (TPSA) is 38.8 Å². The fraction of sp³-hybridized carbons (Fsp3) is 0.611.